The SMILES string of the molecule is O=C(O)c1ccc2c(c1)CN(CC(O)C(F)(F)F)CC2. The maximum Gasteiger partial charge on any atom is 0.415 e. The van der Waals surface area contributed by atoms with Gasteiger partial charge in [0.2, 0.25) is 0 Å². The highest BCUT2D eigenvalue weighted by molar-refractivity contribution is 5.87. The van der Waals surface area contributed by atoms with Gasteiger partial charge in [0.15, 0.2) is 6.10 Å². The van der Waals surface area contributed by atoms with Crippen molar-refractivity contribution in [1.29, 1.82) is 0 Å². The molecule has 0 aliphatic carbocycles. The van der Waals surface area contributed by atoms with Gasteiger partial charge in [0.05, 0.1) is 5.56 Å². The summed E-state index contributed by atoms with van der Waals surface area (Å²) in [7, 11) is 0. The fraction of sp³-hybridized carbons (Fsp3) is 0.462. The first kappa shape index (κ1) is 14.8. The highest BCUT2D eigenvalue weighted by Gasteiger charge is 2.39. The molecule has 1 aromatic carbocycles. The molecule has 4 nitrogen and oxygen atoms in total. The second-order valence-electron chi connectivity index (χ2n) is 4.83. The number of fused-ring (bicyclic) bond motifs is 1. The molecule has 1 aromatic rings. The van der Waals surface area contributed by atoms with Gasteiger partial charge in [-0.1, -0.05) is 6.07 Å². The third-order valence-electron chi connectivity index (χ3n) is 3.35. The van der Waals surface area contributed by atoms with Gasteiger partial charge >= 0.3 is 12.1 Å². The van der Waals surface area contributed by atoms with E-state index in [0.29, 0.717) is 18.5 Å². The lowest BCUT2D eigenvalue weighted by molar-refractivity contribution is -0.208. The Bertz CT molecular complexity index is 516. The van der Waals surface area contributed by atoms with E-state index in [1.54, 1.807) is 6.07 Å². The van der Waals surface area contributed by atoms with Gasteiger partial charge in [-0.05, 0) is 29.7 Å². The Labute approximate surface area is 113 Å². The maximum atomic E-state index is 12.3. The van der Waals surface area contributed by atoms with Crippen molar-refractivity contribution in [2.75, 3.05) is 13.1 Å². The summed E-state index contributed by atoms with van der Waals surface area (Å²) in [5.74, 6) is -1.07. The Morgan fingerprint density at radius 1 is 1.35 bits per heavy atom. The van der Waals surface area contributed by atoms with Crippen molar-refractivity contribution in [1.82, 2.24) is 4.90 Å². The molecule has 2 rings (SSSR count). The molecule has 7 heteroatoms. The quantitative estimate of drug-likeness (QED) is 0.888. The van der Waals surface area contributed by atoms with Gasteiger partial charge in [-0.2, -0.15) is 13.2 Å². The molecule has 2 N–H and O–H groups in total. The van der Waals surface area contributed by atoms with E-state index < -0.39 is 24.8 Å². The lowest BCUT2D eigenvalue weighted by atomic mass is 9.97. The number of aliphatic hydroxyl groups excluding tert-OH is 1. The number of hydrogen-bond acceptors (Lipinski definition) is 3. The third-order valence-corrected chi connectivity index (χ3v) is 3.35. The molecule has 0 saturated heterocycles. The highest BCUT2D eigenvalue weighted by atomic mass is 19.4. The molecule has 1 aliphatic rings. The molecular formula is C13H14F3NO3. The number of carbonyl (C=O) groups is 1. The number of β-amino-alcohol motifs (C(OH)–C–C–N with tert-alkyl or cyclic N) is 1. The van der Waals surface area contributed by atoms with Crippen molar-refractivity contribution >= 4 is 5.97 Å². The summed E-state index contributed by atoms with van der Waals surface area (Å²) in [4.78, 5) is 12.4. The Morgan fingerprint density at radius 2 is 2.05 bits per heavy atom. The molecular weight excluding hydrogens is 275 g/mol. The molecule has 0 fully saturated rings. The van der Waals surface area contributed by atoms with Crippen LogP contribution in [-0.4, -0.2) is 46.5 Å². The molecule has 0 saturated carbocycles. The van der Waals surface area contributed by atoms with E-state index in [2.05, 4.69) is 0 Å². The van der Waals surface area contributed by atoms with Crippen LogP contribution in [0, 0.1) is 0 Å². The third kappa shape index (κ3) is 3.29. The van der Waals surface area contributed by atoms with Crippen molar-refractivity contribution in [2.45, 2.75) is 25.2 Å². The molecule has 0 aromatic heterocycles. The number of halogens is 3. The molecule has 1 unspecified atom stereocenters. The van der Waals surface area contributed by atoms with E-state index in [-0.39, 0.29) is 12.1 Å². The second-order valence-corrected chi connectivity index (χ2v) is 4.83. The van der Waals surface area contributed by atoms with Crippen LogP contribution in [0.5, 0.6) is 0 Å². The van der Waals surface area contributed by atoms with Gasteiger partial charge in [-0.3, -0.25) is 4.90 Å². The van der Waals surface area contributed by atoms with E-state index >= 15 is 0 Å². The Morgan fingerprint density at radius 3 is 2.65 bits per heavy atom. The second kappa shape index (κ2) is 5.41. The highest BCUT2D eigenvalue weighted by Crippen LogP contribution is 2.24. The number of nitrogens with zero attached hydrogens (tertiary/aromatic N) is 1. The van der Waals surface area contributed by atoms with Crippen LogP contribution in [0.1, 0.15) is 21.5 Å². The van der Waals surface area contributed by atoms with Crippen LogP contribution in [0.3, 0.4) is 0 Å². The fourth-order valence-corrected chi connectivity index (χ4v) is 2.25. The zero-order valence-corrected chi connectivity index (χ0v) is 10.5. The monoisotopic (exact) mass is 289 g/mol. The maximum absolute atomic E-state index is 12.3. The van der Waals surface area contributed by atoms with Gasteiger partial charge < -0.3 is 10.2 Å². The minimum Gasteiger partial charge on any atom is -0.478 e. The van der Waals surface area contributed by atoms with E-state index in [0.717, 1.165) is 5.56 Å². The molecule has 0 bridgehead atoms. The number of alkyl halides is 3. The Kier molecular flexibility index (Phi) is 4.01. The molecule has 1 aliphatic heterocycles. The first-order valence-electron chi connectivity index (χ1n) is 6.09. The number of benzene rings is 1. The first-order valence-corrected chi connectivity index (χ1v) is 6.09. The lowest BCUT2D eigenvalue weighted by Gasteiger charge is -2.31. The predicted octanol–water partition coefficient (Wildman–Crippen LogP) is 1.67. The summed E-state index contributed by atoms with van der Waals surface area (Å²) in [6.45, 7) is 0.121. The normalized spacial score (nSPS) is 17.6. The largest absolute Gasteiger partial charge is 0.478 e. The molecule has 1 heterocycles. The van der Waals surface area contributed by atoms with Gasteiger partial charge in [0.1, 0.15) is 0 Å². The average Bonchev–Trinajstić information content (AvgIpc) is 2.36. The summed E-state index contributed by atoms with van der Waals surface area (Å²) >= 11 is 0. The topological polar surface area (TPSA) is 60.8 Å². The number of rotatable bonds is 3. The van der Waals surface area contributed by atoms with Gasteiger partial charge in [-0.25, -0.2) is 4.79 Å². The standard InChI is InChI=1S/C13H14F3NO3/c14-13(15,16)11(18)7-17-4-3-8-1-2-9(12(19)20)5-10(8)6-17/h1-2,5,11,18H,3-4,6-7H2,(H,19,20). The summed E-state index contributed by atoms with van der Waals surface area (Å²) in [6, 6.07) is 4.65. The van der Waals surface area contributed by atoms with Crippen LogP contribution >= 0.6 is 0 Å². The molecule has 110 valence electrons. The number of hydrogen-bond donors (Lipinski definition) is 2. The molecule has 1 atom stereocenters. The average molecular weight is 289 g/mol. The predicted molar refractivity (Wildman–Crippen MR) is 64.4 cm³/mol. The number of carboxylic acids is 1. The van der Waals surface area contributed by atoms with E-state index in [4.69, 9.17) is 10.2 Å². The van der Waals surface area contributed by atoms with Crippen molar-refractivity contribution in [3.8, 4) is 0 Å². The van der Waals surface area contributed by atoms with Crippen LogP contribution in [-0.2, 0) is 13.0 Å². The molecule has 0 amide bonds. The van der Waals surface area contributed by atoms with E-state index in [1.165, 1.54) is 17.0 Å². The Hall–Kier alpha value is -1.60. The van der Waals surface area contributed by atoms with Crippen molar-refractivity contribution in [3.05, 3.63) is 34.9 Å². The summed E-state index contributed by atoms with van der Waals surface area (Å²) in [5.41, 5.74) is 1.75. The number of carboxylic acid groups (broad SMARTS) is 1. The minimum atomic E-state index is -4.64. The molecule has 0 radical (unpaired) electrons. The first-order chi connectivity index (χ1) is 9.27. The van der Waals surface area contributed by atoms with Crippen LogP contribution in [0.4, 0.5) is 13.2 Å². The van der Waals surface area contributed by atoms with Crippen LogP contribution in [0.2, 0.25) is 0 Å². The van der Waals surface area contributed by atoms with Gasteiger partial charge in [0, 0.05) is 19.6 Å². The smallest absolute Gasteiger partial charge is 0.415 e. The number of aromatic carboxylic acids is 1. The molecule has 20 heavy (non-hydrogen) atoms. The zero-order valence-electron chi connectivity index (χ0n) is 10.5. The Balaban J connectivity index is 2.10. The van der Waals surface area contributed by atoms with Crippen molar-refractivity contribution < 1.29 is 28.2 Å². The van der Waals surface area contributed by atoms with E-state index in [9.17, 15) is 18.0 Å². The van der Waals surface area contributed by atoms with Gasteiger partial charge in [0.25, 0.3) is 0 Å². The van der Waals surface area contributed by atoms with E-state index in [1.807, 2.05) is 0 Å². The van der Waals surface area contributed by atoms with Crippen LogP contribution in [0.25, 0.3) is 0 Å². The summed E-state index contributed by atoms with van der Waals surface area (Å²) < 4.78 is 36.9. The zero-order chi connectivity index (χ0) is 14.9. The van der Waals surface area contributed by atoms with Crippen LogP contribution < -0.4 is 0 Å². The van der Waals surface area contributed by atoms with Crippen molar-refractivity contribution in [3.63, 3.8) is 0 Å². The number of aliphatic hydroxyl groups is 1. The summed E-state index contributed by atoms with van der Waals surface area (Å²) in [6.07, 6.45) is -6.48. The fourth-order valence-electron chi connectivity index (χ4n) is 2.25. The van der Waals surface area contributed by atoms with Crippen molar-refractivity contribution in [2.24, 2.45) is 0 Å². The molecule has 0 spiro atoms. The van der Waals surface area contributed by atoms with Crippen LogP contribution in [0.15, 0.2) is 18.2 Å². The van der Waals surface area contributed by atoms with Gasteiger partial charge in [-0.15, -0.1) is 0 Å². The summed E-state index contributed by atoms with van der Waals surface area (Å²) in [5, 5.41) is 18.0. The minimum absolute atomic E-state index is 0.113. The lowest BCUT2D eigenvalue weighted by Crippen LogP contribution is -2.43.